The zero-order chi connectivity index (χ0) is 27.9. The van der Waals surface area contributed by atoms with E-state index >= 15 is 0 Å². The Morgan fingerprint density at radius 3 is 2.12 bits per heavy atom. The van der Waals surface area contributed by atoms with Crippen molar-refractivity contribution in [1.29, 1.82) is 0 Å². The molecule has 0 aliphatic heterocycles. The SMILES string of the molecule is C[C@@H](OC(=O)Nc1c(-c2ccc(-c3ccc(C4(C(=O)O)CC4)cc3)cc2)[nH]c2ccccc12)c1ccccc1Cl. The Morgan fingerprint density at radius 1 is 0.875 bits per heavy atom. The predicted octanol–water partition coefficient (Wildman–Crippen LogP) is 8.58. The van der Waals surface area contributed by atoms with E-state index in [0.717, 1.165) is 44.4 Å². The number of anilines is 1. The number of nitrogens with one attached hydrogen (secondary N) is 2. The van der Waals surface area contributed by atoms with Gasteiger partial charge in [0, 0.05) is 27.1 Å². The number of carbonyl (C=O) groups is 2. The molecular formula is C33H27ClN2O4. The van der Waals surface area contributed by atoms with Crippen molar-refractivity contribution in [3.05, 3.63) is 113 Å². The van der Waals surface area contributed by atoms with Crippen LogP contribution in [0.2, 0.25) is 5.02 Å². The number of amides is 1. The first kappa shape index (κ1) is 25.7. The summed E-state index contributed by atoms with van der Waals surface area (Å²) in [4.78, 5) is 28.1. The van der Waals surface area contributed by atoms with Crippen molar-refractivity contribution >= 4 is 40.3 Å². The van der Waals surface area contributed by atoms with Crippen molar-refractivity contribution < 1.29 is 19.4 Å². The summed E-state index contributed by atoms with van der Waals surface area (Å²) in [6, 6.07) is 30.9. The lowest BCUT2D eigenvalue weighted by Crippen LogP contribution is -2.19. The molecule has 5 aromatic rings. The van der Waals surface area contributed by atoms with Gasteiger partial charge in [0.2, 0.25) is 0 Å². The lowest BCUT2D eigenvalue weighted by atomic mass is 9.93. The quantitative estimate of drug-likeness (QED) is 0.189. The highest BCUT2D eigenvalue weighted by Gasteiger charge is 2.51. The van der Waals surface area contributed by atoms with Crippen LogP contribution in [-0.4, -0.2) is 22.2 Å². The van der Waals surface area contributed by atoms with Crippen molar-refractivity contribution in [2.24, 2.45) is 0 Å². The van der Waals surface area contributed by atoms with Crippen molar-refractivity contribution in [2.45, 2.75) is 31.3 Å². The molecule has 0 unspecified atom stereocenters. The first-order valence-corrected chi connectivity index (χ1v) is 13.5. The van der Waals surface area contributed by atoms with Gasteiger partial charge in [-0.1, -0.05) is 96.5 Å². The van der Waals surface area contributed by atoms with Crippen LogP contribution in [0.3, 0.4) is 0 Å². The van der Waals surface area contributed by atoms with E-state index in [1.165, 1.54) is 0 Å². The second-order valence-electron chi connectivity index (χ2n) is 10.2. The molecule has 6 nitrogen and oxygen atoms in total. The van der Waals surface area contributed by atoms with Gasteiger partial charge in [-0.3, -0.25) is 10.1 Å². The standard InChI is InChI=1S/C33H27ClN2O4/c1-20(25-6-2-4-8-27(25)34)40-32(39)36-30-26-7-3-5-9-28(26)35-29(30)23-12-10-21(11-13-23)22-14-16-24(17-15-22)33(18-19-33)31(37)38/h2-17,20,35H,18-19H2,1H3,(H,36,39)(H,37,38)/t20-/m1/s1. The molecule has 0 saturated heterocycles. The first-order valence-electron chi connectivity index (χ1n) is 13.1. The van der Waals surface area contributed by atoms with E-state index < -0.39 is 23.6 Å². The number of carbonyl (C=O) groups excluding carboxylic acids is 1. The Morgan fingerprint density at radius 2 is 1.48 bits per heavy atom. The fraction of sp³-hybridized carbons (Fsp3) is 0.152. The minimum atomic E-state index is -0.755. The van der Waals surface area contributed by atoms with Gasteiger partial charge in [0.1, 0.15) is 6.10 Å². The van der Waals surface area contributed by atoms with Gasteiger partial charge in [-0.2, -0.15) is 0 Å². The summed E-state index contributed by atoms with van der Waals surface area (Å²) in [5.74, 6) is -0.755. The number of fused-ring (bicyclic) bond motifs is 1. The number of H-pyrrole nitrogens is 1. The van der Waals surface area contributed by atoms with Gasteiger partial charge in [0.05, 0.1) is 16.8 Å². The van der Waals surface area contributed by atoms with Gasteiger partial charge < -0.3 is 14.8 Å². The van der Waals surface area contributed by atoms with E-state index in [-0.39, 0.29) is 0 Å². The fourth-order valence-electron chi connectivity index (χ4n) is 5.21. The number of carboxylic acids is 1. The lowest BCUT2D eigenvalue weighted by Gasteiger charge is -2.16. The second-order valence-corrected chi connectivity index (χ2v) is 10.6. The summed E-state index contributed by atoms with van der Waals surface area (Å²) >= 11 is 6.29. The first-order chi connectivity index (χ1) is 19.4. The van der Waals surface area contributed by atoms with E-state index in [2.05, 4.69) is 10.3 Å². The van der Waals surface area contributed by atoms with E-state index in [1.54, 1.807) is 13.0 Å². The van der Waals surface area contributed by atoms with E-state index in [4.69, 9.17) is 16.3 Å². The molecule has 1 aliphatic carbocycles. The van der Waals surface area contributed by atoms with Crippen LogP contribution in [0.5, 0.6) is 0 Å². The molecule has 200 valence electrons. The molecule has 1 heterocycles. The molecule has 0 spiro atoms. The Kier molecular flexibility index (Phi) is 6.56. The van der Waals surface area contributed by atoms with Crippen LogP contribution in [-0.2, 0) is 14.9 Å². The van der Waals surface area contributed by atoms with Crippen LogP contribution in [0.25, 0.3) is 33.3 Å². The number of halogens is 1. The maximum Gasteiger partial charge on any atom is 0.412 e. The fourth-order valence-corrected chi connectivity index (χ4v) is 5.50. The number of aromatic nitrogens is 1. The minimum Gasteiger partial charge on any atom is -0.481 e. The number of aliphatic carboxylic acids is 1. The lowest BCUT2D eigenvalue weighted by molar-refractivity contribution is -0.140. The van der Waals surface area contributed by atoms with Crippen molar-refractivity contribution in [3.8, 4) is 22.4 Å². The van der Waals surface area contributed by atoms with Gasteiger partial charge in [0.25, 0.3) is 0 Å². The smallest absolute Gasteiger partial charge is 0.412 e. The number of carboxylic acid groups (broad SMARTS) is 1. The Hall–Kier alpha value is -4.55. The molecule has 0 radical (unpaired) electrons. The third-order valence-electron chi connectivity index (χ3n) is 7.66. The third-order valence-corrected chi connectivity index (χ3v) is 8.01. The number of benzene rings is 4. The van der Waals surface area contributed by atoms with Crippen LogP contribution in [0.15, 0.2) is 97.1 Å². The maximum atomic E-state index is 13.0. The summed E-state index contributed by atoms with van der Waals surface area (Å²) in [7, 11) is 0. The Labute approximate surface area is 236 Å². The predicted molar refractivity (Wildman–Crippen MR) is 158 cm³/mol. The molecule has 4 aromatic carbocycles. The normalized spacial score (nSPS) is 14.4. The van der Waals surface area contributed by atoms with Gasteiger partial charge in [-0.25, -0.2) is 4.79 Å². The molecule has 1 saturated carbocycles. The zero-order valence-electron chi connectivity index (χ0n) is 21.8. The van der Waals surface area contributed by atoms with Crippen LogP contribution < -0.4 is 5.32 Å². The highest BCUT2D eigenvalue weighted by atomic mass is 35.5. The molecule has 7 heteroatoms. The van der Waals surface area contributed by atoms with Gasteiger partial charge >= 0.3 is 12.1 Å². The Balaban J connectivity index is 1.25. The molecule has 1 fully saturated rings. The minimum absolute atomic E-state index is 0.529. The molecule has 3 N–H and O–H groups in total. The van der Waals surface area contributed by atoms with Crippen LogP contribution >= 0.6 is 11.6 Å². The van der Waals surface area contributed by atoms with Gasteiger partial charge in [-0.15, -0.1) is 0 Å². The number of para-hydroxylation sites is 1. The zero-order valence-corrected chi connectivity index (χ0v) is 22.5. The topological polar surface area (TPSA) is 91.4 Å². The van der Waals surface area contributed by atoms with Gasteiger partial charge in [-0.05, 0) is 48.6 Å². The second kappa shape index (κ2) is 10.2. The summed E-state index contributed by atoms with van der Waals surface area (Å²) in [6.45, 7) is 1.79. The molecular weight excluding hydrogens is 524 g/mol. The molecule has 0 bridgehead atoms. The third kappa shape index (κ3) is 4.71. The summed E-state index contributed by atoms with van der Waals surface area (Å²) in [6.07, 6.45) is 0.260. The summed E-state index contributed by atoms with van der Waals surface area (Å²) < 4.78 is 5.67. The average molecular weight is 551 g/mol. The largest absolute Gasteiger partial charge is 0.481 e. The number of hydrogen-bond acceptors (Lipinski definition) is 3. The van der Waals surface area contributed by atoms with Crippen LogP contribution in [0.1, 0.15) is 37.0 Å². The van der Waals surface area contributed by atoms with E-state index in [0.29, 0.717) is 23.6 Å². The average Bonchev–Trinajstić information content (AvgIpc) is 3.71. The highest BCUT2D eigenvalue weighted by molar-refractivity contribution is 6.31. The maximum absolute atomic E-state index is 13.0. The molecule has 40 heavy (non-hydrogen) atoms. The van der Waals surface area contributed by atoms with Gasteiger partial charge in [0.15, 0.2) is 0 Å². The molecule has 1 aromatic heterocycles. The van der Waals surface area contributed by atoms with Crippen LogP contribution in [0.4, 0.5) is 10.5 Å². The number of aromatic amines is 1. The van der Waals surface area contributed by atoms with Crippen molar-refractivity contribution in [3.63, 3.8) is 0 Å². The van der Waals surface area contributed by atoms with E-state index in [1.807, 2.05) is 91.0 Å². The number of ether oxygens (including phenoxy) is 1. The monoisotopic (exact) mass is 550 g/mol. The summed E-state index contributed by atoms with van der Waals surface area (Å²) in [5, 5.41) is 13.9. The number of rotatable bonds is 7. The molecule has 1 aliphatic rings. The van der Waals surface area contributed by atoms with E-state index in [9.17, 15) is 14.7 Å². The Bertz CT molecular complexity index is 1720. The molecule has 1 atom stereocenters. The molecule has 1 amide bonds. The van der Waals surface area contributed by atoms with Crippen molar-refractivity contribution in [2.75, 3.05) is 5.32 Å². The highest BCUT2D eigenvalue weighted by Crippen LogP contribution is 2.48. The molecule has 6 rings (SSSR count). The summed E-state index contributed by atoms with van der Waals surface area (Å²) in [5.41, 5.74) is 6.07. The number of hydrogen-bond donors (Lipinski definition) is 3. The van der Waals surface area contributed by atoms with Crippen LogP contribution in [0, 0.1) is 0 Å². The van der Waals surface area contributed by atoms with Crippen molar-refractivity contribution in [1.82, 2.24) is 4.98 Å².